The molecule has 0 aliphatic carbocycles. The van der Waals surface area contributed by atoms with E-state index in [-0.39, 0.29) is 17.3 Å². The second-order valence-electron chi connectivity index (χ2n) is 8.15. The van der Waals surface area contributed by atoms with Crippen molar-refractivity contribution in [1.82, 2.24) is 14.4 Å². The zero-order valence-electron chi connectivity index (χ0n) is 18.1. The second-order valence-corrected chi connectivity index (χ2v) is 8.15. The molecular formula is C23H27N5O3. The molecule has 162 valence electrons. The normalized spacial score (nSPS) is 15.1. The van der Waals surface area contributed by atoms with Crippen molar-refractivity contribution in [3.8, 4) is 0 Å². The van der Waals surface area contributed by atoms with Gasteiger partial charge in [-0.2, -0.15) is 0 Å². The van der Waals surface area contributed by atoms with E-state index in [2.05, 4.69) is 15.2 Å². The lowest BCUT2D eigenvalue weighted by Gasteiger charge is -2.29. The molecule has 4 heterocycles. The number of carbonyl (C=O) groups is 1. The maximum absolute atomic E-state index is 13.2. The van der Waals surface area contributed by atoms with E-state index in [1.165, 1.54) is 12.6 Å². The number of anilines is 2. The Kier molecular flexibility index (Phi) is 5.63. The minimum Gasteiger partial charge on any atom is -0.476 e. The van der Waals surface area contributed by atoms with Crippen LogP contribution < -0.4 is 15.8 Å². The molecule has 2 N–H and O–H groups in total. The predicted octanol–water partition coefficient (Wildman–Crippen LogP) is 3.57. The van der Waals surface area contributed by atoms with Gasteiger partial charge in [-0.15, -0.1) is 0 Å². The van der Waals surface area contributed by atoms with Crippen molar-refractivity contribution < 1.29 is 9.90 Å². The number of hydrogen-bond donors (Lipinski definition) is 2. The molecule has 1 fully saturated rings. The Hall–Kier alpha value is -3.42. The highest BCUT2D eigenvalue weighted by Gasteiger charge is 2.21. The molecule has 0 bridgehead atoms. The summed E-state index contributed by atoms with van der Waals surface area (Å²) < 4.78 is 1.60. The molecule has 0 saturated carbocycles. The number of aromatic carboxylic acids is 1. The Bertz CT molecular complexity index is 1200. The third-order valence-electron chi connectivity index (χ3n) is 5.79. The summed E-state index contributed by atoms with van der Waals surface area (Å²) in [5, 5.41) is 12.7. The van der Waals surface area contributed by atoms with Gasteiger partial charge >= 0.3 is 5.97 Å². The largest absolute Gasteiger partial charge is 0.476 e. The first kappa shape index (κ1) is 20.8. The number of nitrogens with zero attached hydrogens (tertiary/aromatic N) is 4. The van der Waals surface area contributed by atoms with Crippen LogP contribution in [0.5, 0.6) is 0 Å². The number of piperidine rings is 1. The van der Waals surface area contributed by atoms with E-state index in [0.717, 1.165) is 42.9 Å². The van der Waals surface area contributed by atoms with Crippen LogP contribution in [0, 0.1) is 13.8 Å². The van der Waals surface area contributed by atoms with Gasteiger partial charge < -0.3 is 15.3 Å². The zero-order valence-corrected chi connectivity index (χ0v) is 18.1. The van der Waals surface area contributed by atoms with Crippen molar-refractivity contribution in [2.24, 2.45) is 0 Å². The molecule has 1 unspecified atom stereocenters. The molecule has 1 saturated heterocycles. The Morgan fingerprint density at radius 1 is 1.23 bits per heavy atom. The summed E-state index contributed by atoms with van der Waals surface area (Å²) in [6.45, 7) is 7.50. The lowest BCUT2D eigenvalue weighted by atomic mass is 10.1. The number of fused-ring (bicyclic) bond motifs is 1. The summed E-state index contributed by atoms with van der Waals surface area (Å²) in [7, 11) is 0. The summed E-state index contributed by atoms with van der Waals surface area (Å²) in [4.78, 5) is 35.9. The van der Waals surface area contributed by atoms with Crippen LogP contribution in [0.15, 0.2) is 35.4 Å². The van der Waals surface area contributed by atoms with Gasteiger partial charge in [0.1, 0.15) is 11.5 Å². The van der Waals surface area contributed by atoms with Crippen molar-refractivity contribution in [2.45, 2.75) is 46.1 Å². The maximum Gasteiger partial charge on any atom is 0.356 e. The van der Waals surface area contributed by atoms with Crippen LogP contribution >= 0.6 is 0 Å². The highest BCUT2D eigenvalue weighted by atomic mass is 16.4. The quantitative estimate of drug-likeness (QED) is 0.650. The number of hydrogen-bond acceptors (Lipinski definition) is 6. The molecule has 4 rings (SSSR count). The fourth-order valence-corrected chi connectivity index (χ4v) is 4.22. The van der Waals surface area contributed by atoms with E-state index in [9.17, 15) is 14.7 Å². The molecule has 1 aliphatic rings. The molecule has 1 aliphatic heterocycles. The van der Waals surface area contributed by atoms with Gasteiger partial charge in [0.05, 0.1) is 17.3 Å². The summed E-state index contributed by atoms with van der Waals surface area (Å²) in [5.41, 5.74) is 3.30. The summed E-state index contributed by atoms with van der Waals surface area (Å²) in [6, 6.07) is 5.08. The molecule has 8 heteroatoms. The monoisotopic (exact) mass is 421 g/mol. The molecule has 31 heavy (non-hydrogen) atoms. The fourth-order valence-electron chi connectivity index (χ4n) is 4.22. The van der Waals surface area contributed by atoms with Crippen molar-refractivity contribution in [2.75, 3.05) is 23.3 Å². The number of rotatable bonds is 5. The molecule has 0 radical (unpaired) electrons. The van der Waals surface area contributed by atoms with Crippen LogP contribution in [-0.4, -0.2) is 38.5 Å². The Morgan fingerprint density at radius 3 is 2.68 bits per heavy atom. The Balaban J connectivity index is 1.83. The average Bonchev–Trinajstić information content (AvgIpc) is 2.77. The van der Waals surface area contributed by atoms with E-state index >= 15 is 0 Å². The minimum atomic E-state index is -1.10. The van der Waals surface area contributed by atoms with E-state index in [1.807, 2.05) is 26.8 Å². The topological polar surface area (TPSA) is 99.8 Å². The van der Waals surface area contributed by atoms with Crippen LogP contribution in [0.3, 0.4) is 0 Å². The molecule has 1 atom stereocenters. The summed E-state index contributed by atoms with van der Waals surface area (Å²) in [5.74, 6) is -0.351. The molecular weight excluding hydrogens is 394 g/mol. The third kappa shape index (κ3) is 3.97. The van der Waals surface area contributed by atoms with Gasteiger partial charge in [-0.25, -0.2) is 14.8 Å². The number of nitrogens with one attached hydrogen (secondary N) is 1. The van der Waals surface area contributed by atoms with Crippen LogP contribution in [0.1, 0.15) is 59.4 Å². The van der Waals surface area contributed by atoms with E-state index in [1.54, 1.807) is 22.7 Å². The van der Waals surface area contributed by atoms with Crippen molar-refractivity contribution in [1.29, 1.82) is 0 Å². The molecule has 0 amide bonds. The van der Waals surface area contributed by atoms with Crippen molar-refractivity contribution >= 4 is 23.1 Å². The third-order valence-corrected chi connectivity index (χ3v) is 5.79. The number of pyridine rings is 2. The van der Waals surface area contributed by atoms with E-state index < -0.39 is 5.97 Å². The molecule has 0 aromatic carbocycles. The smallest absolute Gasteiger partial charge is 0.356 e. The minimum absolute atomic E-state index is 0.0405. The first-order valence-corrected chi connectivity index (χ1v) is 10.6. The van der Waals surface area contributed by atoms with Gasteiger partial charge in [-0.3, -0.25) is 9.20 Å². The van der Waals surface area contributed by atoms with Gasteiger partial charge in [-0.05, 0) is 63.8 Å². The van der Waals surface area contributed by atoms with Crippen molar-refractivity contribution in [3.63, 3.8) is 0 Å². The number of carboxylic acid groups (broad SMARTS) is 1. The Labute approximate surface area is 180 Å². The number of aromatic nitrogens is 3. The van der Waals surface area contributed by atoms with Crippen LogP contribution in [-0.2, 0) is 0 Å². The Morgan fingerprint density at radius 2 is 1.97 bits per heavy atom. The van der Waals surface area contributed by atoms with Gasteiger partial charge in [0.25, 0.3) is 5.56 Å². The second kappa shape index (κ2) is 8.37. The molecule has 3 aromatic heterocycles. The lowest BCUT2D eigenvalue weighted by Crippen LogP contribution is -2.34. The average molecular weight is 422 g/mol. The summed E-state index contributed by atoms with van der Waals surface area (Å²) >= 11 is 0. The zero-order chi connectivity index (χ0) is 22.1. The lowest BCUT2D eigenvalue weighted by molar-refractivity contribution is 0.0691. The maximum atomic E-state index is 13.2. The van der Waals surface area contributed by atoms with E-state index in [0.29, 0.717) is 16.9 Å². The van der Waals surface area contributed by atoms with Crippen LogP contribution in [0.2, 0.25) is 0 Å². The van der Waals surface area contributed by atoms with E-state index in [4.69, 9.17) is 4.98 Å². The van der Waals surface area contributed by atoms with Gasteiger partial charge in [-0.1, -0.05) is 0 Å². The highest BCUT2D eigenvalue weighted by molar-refractivity contribution is 5.91. The first-order chi connectivity index (χ1) is 14.9. The SMILES string of the molecule is Cc1cc(C(C)Nc2cccnc2C(=O)O)c2nc(N3CCCCC3)c(C)c(=O)n2c1. The standard InChI is InChI=1S/C23H27N5O3/c1-14-12-17(16(3)25-18-8-7-9-24-19(18)23(30)31)21-26-20(27-10-5-4-6-11-27)15(2)22(29)28(21)13-14/h7-9,12-13,16,25H,4-6,10-11H2,1-3H3,(H,30,31). The number of carboxylic acids is 1. The fraction of sp³-hybridized carbons (Fsp3) is 0.391. The highest BCUT2D eigenvalue weighted by Crippen LogP contribution is 2.27. The number of aryl methyl sites for hydroxylation is 1. The van der Waals surface area contributed by atoms with Crippen LogP contribution in [0.25, 0.3) is 5.65 Å². The summed E-state index contributed by atoms with van der Waals surface area (Å²) in [6.07, 6.45) is 6.65. The van der Waals surface area contributed by atoms with Gasteiger partial charge in [0.15, 0.2) is 5.69 Å². The van der Waals surface area contributed by atoms with Crippen molar-refractivity contribution in [3.05, 3.63) is 63.3 Å². The molecule has 8 nitrogen and oxygen atoms in total. The predicted molar refractivity (Wildman–Crippen MR) is 120 cm³/mol. The van der Waals surface area contributed by atoms with Gasteiger partial charge in [0, 0.05) is 31.0 Å². The van der Waals surface area contributed by atoms with Gasteiger partial charge in [0.2, 0.25) is 0 Å². The first-order valence-electron chi connectivity index (χ1n) is 10.6. The molecule has 0 spiro atoms. The molecule has 3 aromatic rings. The van der Waals surface area contributed by atoms with Crippen LogP contribution in [0.4, 0.5) is 11.5 Å².